The van der Waals surface area contributed by atoms with Crippen molar-refractivity contribution < 1.29 is 4.74 Å². The number of pyridine rings is 1. The number of hydrogen-bond acceptors (Lipinski definition) is 3. The van der Waals surface area contributed by atoms with E-state index in [0.717, 1.165) is 16.9 Å². The number of nitrogens with two attached hydrogens (primary N) is 1. The fourth-order valence-electron chi connectivity index (χ4n) is 1.89. The van der Waals surface area contributed by atoms with E-state index in [1.807, 2.05) is 42.5 Å². The van der Waals surface area contributed by atoms with Gasteiger partial charge in [0.1, 0.15) is 5.75 Å². The lowest BCUT2D eigenvalue weighted by atomic mass is 10.1. The smallest absolute Gasteiger partial charge is 0.251 e. The van der Waals surface area contributed by atoms with E-state index in [-0.39, 0.29) is 5.56 Å². The van der Waals surface area contributed by atoms with Crippen molar-refractivity contribution in [3.8, 4) is 5.75 Å². The highest BCUT2D eigenvalue weighted by Gasteiger charge is 1.96. The molecule has 1 heterocycles. The van der Waals surface area contributed by atoms with Gasteiger partial charge < -0.3 is 15.0 Å². The molecule has 0 aliphatic heterocycles. The third-order valence-electron chi connectivity index (χ3n) is 2.95. The zero-order chi connectivity index (χ0) is 14.4. The number of hydrogen-bond donors (Lipinski definition) is 1. The summed E-state index contributed by atoms with van der Waals surface area (Å²) in [4.78, 5) is 11.8. The number of rotatable bonds is 5. The molecule has 4 heteroatoms. The second-order valence-electron chi connectivity index (χ2n) is 4.39. The van der Waals surface area contributed by atoms with Gasteiger partial charge in [0.05, 0.1) is 7.11 Å². The van der Waals surface area contributed by atoms with Gasteiger partial charge in [0, 0.05) is 25.4 Å². The summed E-state index contributed by atoms with van der Waals surface area (Å²) in [5.41, 5.74) is 7.30. The lowest BCUT2D eigenvalue weighted by Gasteiger charge is -2.03. The SMILES string of the molecule is COc1cccc(/C=C/c2ccn(CCN)c(=O)c2)c1. The highest BCUT2D eigenvalue weighted by molar-refractivity contribution is 5.69. The van der Waals surface area contributed by atoms with E-state index in [9.17, 15) is 4.79 Å². The summed E-state index contributed by atoms with van der Waals surface area (Å²) < 4.78 is 6.77. The Morgan fingerprint density at radius 2 is 1.95 bits per heavy atom. The van der Waals surface area contributed by atoms with E-state index < -0.39 is 0 Å². The second kappa shape index (κ2) is 6.73. The Morgan fingerprint density at radius 3 is 2.60 bits per heavy atom. The molecule has 0 saturated heterocycles. The van der Waals surface area contributed by atoms with Crippen LogP contribution in [0.1, 0.15) is 11.1 Å². The van der Waals surface area contributed by atoms with Gasteiger partial charge in [-0.15, -0.1) is 0 Å². The van der Waals surface area contributed by atoms with E-state index in [1.54, 1.807) is 23.9 Å². The van der Waals surface area contributed by atoms with Crippen molar-refractivity contribution in [2.24, 2.45) is 5.73 Å². The van der Waals surface area contributed by atoms with Crippen LogP contribution in [0.5, 0.6) is 5.75 Å². The molecule has 0 spiro atoms. The minimum Gasteiger partial charge on any atom is -0.497 e. The number of nitrogens with zero attached hydrogens (tertiary/aromatic N) is 1. The Balaban J connectivity index is 2.18. The predicted molar refractivity (Wildman–Crippen MR) is 81.7 cm³/mol. The van der Waals surface area contributed by atoms with E-state index in [1.165, 1.54) is 0 Å². The van der Waals surface area contributed by atoms with Gasteiger partial charge in [-0.05, 0) is 29.3 Å². The Morgan fingerprint density at radius 1 is 1.20 bits per heavy atom. The molecular formula is C16H18N2O2. The van der Waals surface area contributed by atoms with Gasteiger partial charge in [-0.1, -0.05) is 24.3 Å². The third kappa shape index (κ3) is 3.59. The molecule has 0 radical (unpaired) electrons. The van der Waals surface area contributed by atoms with E-state index in [0.29, 0.717) is 13.1 Å². The summed E-state index contributed by atoms with van der Waals surface area (Å²) >= 11 is 0. The predicted octanol–water partition coefficient (Wildman–Crippen LogP) is 1.99. The molecule has 0 amide bonds. The first-order valence-corrected chi connectivity index (χ1v) is 6.45. The molecule has 2 aromatic rings. The zero-order valence-corrected chi connectivity index (χ0v) is 11.5. The minimum absolute atomic E-state index is 0.0387. The van der Waals surface area contributed by atoms with Gasteiger partial charge in [0.25, 0.3) is 5.56 Å². The van der Waals surface area contributed by atoms with Crippen molar-refractivity contribution >= 4 is 12.2 Å². The molecule has 2 rings (SSSR count). The van der Waals surface area contributed by atoms with Gasteiger partial charge in [-0.2, -0.15) is 0 Å². The molecule has 0 atom stereocenters. The highest BCUT2D eigenvalue weighted by Crippen LogP contribution is 2.14. The normalized spacial score (nSPS) is 10.9. The Hall–Kier alpha value is -2.33. The largest absolute Gasteiger partial charge is 0.497 e. The fraction of sp³-hybridized carbons (Fsp3) is 0.188. The summed E-state index contributed by atoms with van der Waals surface area (Å²) in [6.07, 6.45) is 5.62. The van der Waals surface area contributed by atoms with E-state index in [4.69, 9.17) is 10.5 Å². The number of ether oxygens (including phenoxy) is 1. The van der Waals surface area contributed by atoms with Crippen molar-refractivity contribution in [3.63, 3.8) is 0 Å². The van der Waals surface area contributed by atoms with Crippen molar-refractivity contribution in [2.75, 3.05) is 13.7 Å². The standard InChI is InChI=1S/C16H18N2O2/c1-20-15-4-2-3-13(11-15)5-6-14-7-9-18(10-8-17)16(19)12-14/h2-7,9,11-12H,8,10,17H2,1H3/b6-5+. The summed E-state index contributed by atoms with van der Waals surface area (Å²) in [5, 5.41) is 0. The molecule has 0 saturated carbocycles. The number of methoxy groups -OCH3 is 1. The maximum atomic E-state index is 11.8. The maximum Gasteiger partial charge on any atom is 0.251 e. The molecule has 0 unspecified atom stereocenters. The van der Waals surface area contributed by atoms with Crippen LogP contribution in [0.15, 0.2) is 47.4 Å². The van der Waals surface area contributed by atoms with Gasteiger partial charge in [-0.25, -0.2) is 0 Å². The fourth-order valence-corrected chi connectivity index (χ4v) is 1.89. The van der Waals surface area contributed by atoms with Crippen molar-refractivity contribution in [1.29, 1.82) is 0 Å². The molecule has 0 aliphatic rings. The van der Waals surface area contributed by atoms with E-state index >= 15 is 0 Å². The van der Waals surface area contributed by atoms with Gasteiger partial charge in [0.15, 0.2) is 0 Å². The quantitative estimate of drug-likeness (QED) is 0.904. The number of aromatic nitrogens is 1. The lowest BCUT2D eigenvalue weighted by Crippen LogP contribution is -2.22. The molecule has 1 aromatic heterocycles. The van der Waals surface area contributed by atoms with Crippen molar-refractivity contribution in [2.45, 2.75) is 6.54 Å². The molecule has 0 bridgehead atoms. The van der Waals surface area contributed by atoms with Crippen LogP contribution in [0.2, 0.25) is 0 Å². The Kier molecular flexibility index (Phi) is 4.74. The van der Waals surface area contributed by atoms with Gasteiger partial charge in [-0.3, -0.25) is 4.79 Å². The van der Waals surface area contributed by atoms with Gasteiger partial charge in [0.2, 0.25) is 0 Å². The lowest BCUT2D eigenvalue weighted by molar-refractivity contribution is 0.414. The topological polar surface area (TPSA) is 57.2 Å². The van der Waals surface area contributed by atoms with Crippen LogP contribution in [-0.4, -0.2) is 18.2 Å². The van der Waals surface area contributed by atoms with Crippen LogP contribution in [0, 0.1) is 0 Å². The monoisotopic (exact) mass is 270 g/mol. The average Bonchev–Trinajstić information content (AvgIpc) is 2.48. The first-order valence-electron chi connectivity index (χ1n) is 6.45. The van der Waals surface area contributed by atoms with Crippen LogP contribution >= 0.6 is 0 Å². The third-order valence-corrected chi connectivity index (χ3v) is 2.95. The Labute approximate surface area is 118 Å². The molecule has 104 valence electrons. The summed E-state index contributed by atoms with van der Waals surface area (Å²) in [5.74, 6) is 0.811. The summed E-state index contributed by atoms with van der Waals surface area (Å²) in [6, 6.07) is 11.2. The molecule has 0 fully saturated rings. The summed E-state index contributed by atoms with van der Waals surface area (Å²) in [7, 11) is 1.64. The molecule has 2 N–H and O–H groups in total. The highest BCUT2D eigenvalue weighted by atomic mass is 16.5. The Bertz CT molecular complexity index is 660. The van der Waals surface area contributed by atoms with Crippen LogP contribution in [0.4, 0.5) is 0 Å². The first kappa shape index (κ1) is 14.1. The molecule has 4 nitrogen and oxygen atoms in total. The first-order chi connectivity index (χ1) is 9.72. The van der Waals surface area contributed by atoms with Crippen molar-refractivity contribution in [1.82, 2.24) is 4.57 Å². The van der Waals surface area contributed by atoms with Crippen LogP contribution in [0.25, 0.3) is 12.2 Å². The van der Waals surface area contributed by atoms with Gasteiger partial charge >= 0.3 is 0 Å². The molecular weight excluding hydrogens is 252 g/mol. The van der Waals surface area contributed by atoms with Crippen LogP contribution in [0.3, 0.4) is 0 Å². The van der Waals surface area contributed by atoms with Crippen LogP contribution < -0.4 is 16.0 Å². The van der Waals surface area contributed by atoms with E-state index in [2.05, 4.69) is 0 Å². The minimum atomic E-state index is -0.0387. The maximum absolute atomic E-state index is 11.8. The molecule has 0 aliphatic carbocycles. The summed E-state index contributed by atoms with van der Waals surface area (Å²) in [6.45, 7) is 0.998. The second-order valence-corrected chi connectivity index (χ2v) is 4.39. The average molecular weight is 270 g/mol. The van der Waals surface area contributed by atoms with Crippen molar-refractivity contribution in [3.05, 3.63) is 64.1 Å². The molecule has 1 aromatic carbocycles. The molecule has 20 heavy (non-hydrogen) atoms. The number of benzene rings is 1. The zero-order valence-electron chi connectivity index (χ0n) is 11.5. The van der Waals surface area contributed by atoms with Crippen LogP contribution in [-0.2, 0) is 6.54 Å².